The maximum Gasteiger partial charge on any atom is 0.246 e. The maximum atomic E-state index is 11.8. The van der Waals surface area contributed by atoms with E-state index in [0.29, 0.717) is 10.7 Å². The van der Waals surface area contributed by atoms with Gasteiger partial charge in [-0.05, 0) is 36.8 Å². The predicted molar refractivity (Wildman–Crippen MR) is 77.9 cm³/mol. The van der Waals surface area contributed by atoms with Crippen LogP contribution < -0.4 is 11.1 Å². The summed E-state index contributed by atoms with van der Waals surface area (Å²) in [6.07, 6.45) is 3.53. The van der Waals surface area contributed by atoms with Gasteiger partial charge in [-0.2, -0.15) is 5.10 Å². The van der Waals surface area contributed by atoms with Crippen molar-refractivity contribution in [3.63, 3.8) is 0 Å². The Morgan fingerprint density at radius 2 is 2.11 bits per heavy atom. The van der Waals surface area contributed by atoms with Gasteiger partial charge in [-0.25, -0.2) is 0 Å². The second-order valence-electron chi connectivity index (χ2n) is 4.21. The summed E-state index contributed by atoms with van der Waals surface area (Å²) in [7, 11) is 0. The highest BCUT2D eigenvalue weighted by atomic mass is 32.1. The van der Waals surface area contributed by atoms with Gasteiger partial charge < -0.3 is 11.1 Å². The Kier molecular flexibility index (Phi) is 3.91. The lowest BCUT2D eigenvalue weighted by atomic mass is 10.2. The second-order valence-corrected chi connectivity index (χ2v) is 4.64. The minimum absolute atomic E-state index is 0.133. The number of anilines is 1. The van der Waals surface area contributed by atoms with E-state index >= 15 is 0 Å². The number of hydrogen-bond donors (Lipinski definition) is 2. The number of aromatic nitrogens is 2. The number of carbonyl (C=O) groups is 1. The van der Waals surface area contributed by atoms with Gasteiger partial charge in [0.15, 0.2) is 0 Å². The first-order valence-corrected chi connectivity index (χ1v) is 6.14. The number of aryl methyl sites for hydroxylation is 1. The fourth-order valence-corrected chi connectivity index (χ4v) is 1.75. The average molecular weight is 274 g/mol. The molecule has 0 atom stereocenters. The Hall–Kier alpha value is -2.21. The molecule has 19 heavy (non-hydrogen) atoms. The van der Waals surface area contributed by atoms with Gasteiger partial charge in [0.1, 0.15) is 11.5 Å². The van der Waals surface area contributed by atoms with E-state index < -0.39 is 0 Å². The topological polar surface area (TPSA) is 72.9 Å². The average Bonchev–Trinajstić information content (AvgIpc) is 2.75. The van der Waals surface area contributed by atoms with Crippen LogP contribution in [-0.2, 0) is 11.3 Å². The summed E-state index contributed by atoms with van der Waals surface area (Å²) in [4.78, 5) is 12.1. The molecule has 98 valence electrons. The van der Waals surface area contributed by atoms with Gasteiger partial charge in [-0.3, -0.25) is 9.48 Å². The highest BCUT2D eigenvalue weighted by Crippen LogP contribution is 2.09. The molecule has 1 heterocycles. The van der Waals surface area contributed by atoms with Gasteiger partial charge >= 0.3 is 0 Å². The van der Waals surface area contributed by atoms with Crippen LogP contribution in [0, 0.1) is 6.92 Å². The summed E-state index contributed by atoms with van der Waals surface area (Å²) >= 11 is 4.86. The number of benzene rings is 1. The Morgan fingerprint density at radius 3 is 2.63 bits per heavy atom. The summed E-state index contributed by atoms with van der Waals surface area (Å²) in [5, 5.41) is 6.84. The van der Waals surface area contributed by atoms with E-state index in [9.17, 15) is 4.79 Å². The molecule has 0 fully saturated rings. The number of nitrogens with one attached hydrogen (secondary N) is 1. The molecule has 2 aromatic rings. The van der Waals surface area contributed by atoms with E-state index in [1.54, 1.807) is 35.1 Å². The van der Waals surface area contributed by atoms with Gasteiger partial charge in [0.05, 0.1) is 6.20 Å². The predicted octanol–water partition coefficient (Wildman–Crippen LogP) is 1.46. The quantitative estimate of drug-likeness (QED) is 0.828. The molecule has 3 N–H and O–H groups in total. The van der Waals surface area contributed by atoms with E-state index in [1.807, 2.05) is 13.1 Å². The summed E-state index contributed by atoms with van der Waals surface area (Å²) in [5.74, 6) is -0.133. The van der Waals surface area contributed by atoms with E-state index in [4.69, 9.17) is 18.0 Å². The molecule has 0 saturated carbocycles. The number of nitrogens with two attached hydrogens (primary N) is 1. The molecule has 2 rings (SSSR count). The van der Waals surface area contributed by atoms with Crippen LogP contribution in [0.2, 0.25) is 0 Å². The Labute approximate surface area is 116 Å². The van der Waals surface area contributed by atoms with Crippen LogP contribution in [0.25, 0.3) is 0 Å². The Balaban J connectivity index is 1.97. The van der Waals surface area contributed by atoms with Crippen molar-refractivity contribution < 1.29 is 4.79 Å². The minimum atomic E-state index is -0.133. The molecular weight excluding hydrogens is 260 g/mol. The number of amides is 1. The largest absolute Gasteiger partial charge is 0.389 e. The smallest absolute Gasteiger partial charge is 0.246 e. The molecule has 5 nitrogen and oxygen atoms in total. The molecule has 1 amide bonds. The molecule has 0 aliphatic carbocycles. The van der Waals surface area contributed by atoms with Crippen molar-refractivity contribution in [2.75, 3.05) is 5.32 Å². The zero-order chi connectivity index (χ0) is 13.8. The third-order valence-corrected chi connectivity index (χ3v) is 2.76. The van der Waals surface area contributed by atoms with Crippen LogP contribution in [0.5, 0.6) is 0 Å². The standard InChI is InChI=1S/C13H14N4OS/c1-9-6-15-17(7-9)8-12(18)16-11-4-2-10(3-5-11)13(14)19/h2-7H,8H2,1H3,(H2,14,19)(H,16,18). The molecule has 0 radical (unpaired) electrons. The molecule has 6 heteroatoms. The van der Waals surface area contributed by atoms with Gasteiger partial charge in [-0.15, -0.1) is 0 Å². The van der Waals surface area contributed by atoms with Crippen molar-refractivity contribution in [3.05, 3.63) is 47.8 Å². The van der Waals surface area contributed by atoms with Gasteiger partial charge in [0.2, 0.25) is 5.91 Å². The Bertz CT molecular complexity index is 603. The van der Waals surface area contributed by atoms with Crippen molar-refractivity contribution >= 4 is 28.8 Å². The number of thiocarbonyl (C=S) groups is 1. The van der Waals surface area contributed by atoms with Crippen LogP contribution in [0.1, 0.15) is 11.1 Å². The van der Waals surface area contributed by atoms with Crippen LogP contribution in [0.3, 0.4) is 0 Å². The van der Waals surface area contributed by atoms with Gasteiger partial charge in [0, 0.05) is 17.4 Å². The molecule has 0 aliphatic heterocycles. The van der Waals surface area contributed by atoms with E-state index in [1.165, 1.54) is 0 Å². The molecule has 0 saturated heterocycles. The molecule has 0 bridgehead atoms. The molecule has 1 aromatic carbocycles. The zero-order valence-corrected chi connectivity index (χ0v) is 11.3. The van der Waals surface area contributed by atoms with E-state index in [0.717, 1.165) is 11.1 Å². The first kappa shape index (κ1) is 13.2. The highest BCUT2D eigenvalue weighted by Gasteiger charge is 2.05. The number of hydrogen-bond acceptors (Lipinski definition) is 3. The van der Waals surface area contributed by atoms with E-state index in [2.05, 4.69) is 10.4 Å². The minimum Gasteiger partial charge on any atom is -0.389 e. The summed E-state index contributed by atoms with van der Waals surface area (Å²) < 4.78 is 1.59. The molecule has 0 unspecified atom stereocenters. The maximum absolute atomic E-state index is 11.8. The first-order valence-electron chi connectivity index (χ1n) is 5.73. The zero-order valence-electron chi connectivity index (χ0n) is 10.5. The van der Waals surface area contributed by atoms with Crippen molar-refractivity contribution in [1.82, 2.24) is 9.78 Å². The normalized spacial score (nSPS) is 10.2. The number of carbonyl (C=O) groups excluding carboxylic acids is 1. The Morgan fingerprint density at radius 1 is 1.42 bits per heavy atom. The summed E-state index contributed by atoms with van der Waals surface area (Å²) in [6.45, 7) is 2.11. The van der Waals surface area contributed by atoms with Crippen LogP contribution in [0.15, 0.2) is 36.7 Å². The lowest BCUT2D eigenvalue weighted by Gasteiger charge is -2.06. The SMILES string of the molecule is Cc1cnn(CC(=O)Nc2ccc(C(N)=S)cc2)c1. The number of rotatable bonds is 4. The molecule has 1 aromatic heterocycles. The number of nitrogens with zero attached hydrogens (tertiary/aromatic N) is 2. The highest BCUT2D eigenvalue weighted by molar-refractivity contribution is 7.80. The monoisotopic (exact) mass is 274 g/mol. The molecule has 0 aliphatic rings. The van der Waals surface area contributed by atoms with E-state index in [-0.39, 0.29) is 12.5 Å². The molecule has 0 spiro atoms. The lowest BCUT2D eigenvalue weighted by Crippen LogP contribution is -2.19. The van der Waals surface area contributed by atoms with Crippen molar-refractivity contribution in [2.45, 2.75) is 13.5 Å². The summed E-state index contributed by atoms with van der Waals surface area (Å²) in [5.41, 5.74) is 8.00. The van der Waals surface area contributed by atoms with Crippen LogP contribution in [-0.4, -0.2) is 20.7 Å². The third-order valence-electron chi connectivity index (χ3n) is 2.52. The lowest BCUT2D eigenvalue weighted by molar-refractivity contribution is -0.116. The van der Waals surface area contributed by atoms with Crippen molar-refractivity contribution in [3.8, 4) is 0 Å². The van der Waals surface area contributed by atoms with Crippen LogP contribution >= 0.6 is 12.2 Å². The fourth-order valence-electron chi connectivity index (χ4n) is 1.62. The van der Waals surface area contributed by atoms with Crippen LogP contribution in [0.4, 0.5) is 5.69 Å². The summed E-state index contributed by atoms with van der Waals surface area (Å²) in [6, 6.07) is 7.08. The van der Waals surface area contributed by atoms with Gasteiger partial charge in [0.25, 0.3) is 0 Å². The second kappa shape index (κ2) is 5.62. The van der Waals surface area contributed by atoms with Crippen molar-refractivity contribution in [2.24, 2.45) is 5.73 Å². The molecular formula is C13H14N4OS. The van der Waals surface area contributed by atoms with Gasteiger partial charge in [-0.1, -0.05) is 12.2 Å². The third kappa shape index (κ3) is 3.62. The van der Waals surface area contributed by atoms with Crippen molar-refractivity contribution in [1.29, 1.82) is 0 Å². The first-order chi connectivity index (χ1) is 9.04. The fraction of sp³-hybridized carbons (Fsp3) is 0.154.